The number of methoxy groups -OCH3 is 1. The molecule has 0 fully saturated rings. The van der Waals surface area contributed by atoms with E-state index in [4.69, 9.17) is 14.5 Å². The normalized spacial score (nSPS) is 18.7. The van der Waals surface area contributed by atoms with Crippen LogP contribution in [-0.2, 0) is 25.5 Å². The van der Waals surface area contributed by atoms with Crippen LogP contribution in [0.2, 0.25) is 0 Å². The van der Waals surface area contributed by atoms with E-state index in [1.54, 1.807) is 0 Å². The maximum absolute atomic E-state index is 13.5. The van der Waals surface area contributed by atoms with Gasteiger partial charge in [0.2, 0.25) is 5.90 Å². The zero-order valence-corrected chi connectivity index (χ0v) is 17.2. The summed E-state index contributed by atoms with van der Waals surface area (Å²) in [5.41, 5.74) is 1.19. The zero-order valence-electron chi connectivity index (χ0n) is 17.2. The molecule has 2 atom stereocenters. The number of carbonyl (C=O) groups excluding carboxylic acids is 2. The minimum absolute atomic E-state index is 0.00795. The van der Waals surface area contributed by atoms with Crippen LogP contribution in [0.5, 0.6) is 0 Å². The van der Waals surface area contributed by atoms with E-state index in [9.17, 15) is 9.59 Å². The van der Waals surface area contributed by atoms with E-state index >= 15 is 0 Å². The van der Waals surface area contributed by atoms with Crippen molar-refractivity contribution in [2.45, 2.75) is 24.3 Å². The summed E-state index contributed by atoms with van der Waals surface area (Å²) in [6, 6.07) is 28.5. The second kappa shape index (κ2) is 8.96. The Labute approximate surface area is 181 Å². The number of carbonyl (C=O) groups is 2. The molecule has 1 aliphatic rings. The fraction of sp³-hybridized carbons (Fsp3) is 0.192. The van der Waals surface area contributed by atoms with Gasteiger partial charge in [-0.15, -0.1) is 0 Å². The van der Waals surface area contributed by atoms with Crippen LogP contribution >= 0.6 is 0 Å². The van der Waals surface area contributed by atoms with Crippen molar-refractivity contribution in [2.24, 2.45) is 4.99 Å². The molecule has 0 saturated heterocycles. The van der Waals surface area contributed by atoms with Crippen LogP contribution in [0.4, 0.5) is 0 Å². The molecule has 0 N–H and O–H groups in total. The van der Waals surface area contributed by atoms with Crippen LogP contribution in [-0.4, -0.2) is 30.5 Å². The monoisotopic (exact) mass is 413 g/mol. The summed E-state index contributed by atoms with van der Waals surface area (Å²) in [5, 5.41) is 0. The van der Waals surface area contributed by atoms with Crippen molar-refractivity contribution >= 4 is 17.8 Å². The van der Waals surface area contributed by atoms with Crippen LogP contribution in [0.15, 0.2) is 96.0 Å². The van der Waals surface area contributed by atoms with Gasteiger partial charge in [0.1, 0.15) is 0 Å². The van der Waals surface area contributed by atoms with Gasteiger partial charge in [-0.25, -0.2) is 9.79 Å². The Kier molecular flexibility index (Phi) is 5.94. The molecule has 0 saturated carbocycles. The van der Waals surface area contributed by atoms with Crippen molar-refractivity contribution in [1.29, 1.82) is 0 Å². The van der Waals surface area contributed by atoms with Gasteiger partial charge >= 0.3 is 11.9 Å². The second-order valence-corrected chi connectivity index (χ2v) is 7.50. The Morgan fingerprint density at radius 1 is 0.935 bits per heavy atom. The number of esters is 2. The van der Waals surface area contributed by atoms with Crippen molar-refractivity contribution in [3.8, 4) is 0 Å². The first-order valence-electron chi connectivity index (χ1n) is 10.2. The zero-order chi connectivity index (χ0) is 21.7. The second-order valence-electron chi connectivity index (χ2n) is 7.50. The highest BCUT2D eigenvalue weighted by molar-refractivity contribution is 6.08. The van der Waals surface area contributed by atoms with Crippen molar-refractivity contribution < 1.29 is 19.1 Å². The molecule has 5 nitrogen and oxygen atoms in total. The molecule has 1 heterocycles. The van der Waals surface area contributed by atoms with Gasteiger partial charge in [-0.2, -0.15) is 0 Å². The van der Waals surface area contributed by atoms with Gasteiger partial charge in [-0.3, -0.25) is 4.79 Å². The van der Waals surface area contributed by atoms with Crippen LogP contribution < -0.4 is 0 Å². The van der Waals surface area contributed by atoms with E-state index in [1.165, 1.54) is 7.11 Å². The van der Waals surface area contributed by atoms with Crippen molar-refractivity contribution in [1.82, 2.24) is 0 Å². The number of benzene rings is 3. The first-order chi connectivity index (χ1) is 15.1. The Balaban J connectivity index is 1.87. The molecule has 31 heavy (non-hydrogen) atoms. The third-order valence-electron chi connectivity index (χ3n) is 5.56. The molecule has 3 aromatic rings. The van der Waals surface area contributed by atoms with Crippen molar-refractivity contribution in [3.63, 3.8) is 0 Å². The van der Waals surface area contributed by atoms with E-state index < -0.39 is 23.4 Å². The largest absolute Gasteiger partial charge is 0.469 e. The summed E-state index contributed by atoms with van der Waals surface area (Å²) in [4.78, 5) is 30.7. The van der Waals surface area contributed by atoms with E-state index in [-0.39, 0.29) is 12.3 Å². The molecular formula is C26H23NO4. The number of hydrogen-bond acceptors (Lipinski definition) is 5. The molecule has 0 spiro atoms. The standard InChI is InChI=1S/C26H23NO4/c1-30-23(28)17-22(20-13-7-3-8-14-20)26(18-19-11-5-2-6-12-19)25(29)31-24(27-26)21-15-9-4-10-16-21/h2-16,22H,17-18H2,1H3/t22-,26+/m1/s1. The summed E-state index contributed by atoms with van der Waals surface area (Å²) in [5.74, 6) is -1.15. The van der Waals surface area contributed by atoms with E-state index in [0.717, 1.165) is 16.7 Å². The van der Waals surface area contributed by atoms with Crippen LogP contribution in [0.1, 0.15) is 29.0 Å². The Hall–Kier alpha value is -3.73. The van der Waals surface area contributed by atoms with Crippen LogP contribution in [0, 0.1) is 0 Å². The topological polar surface area (TPSA) is 65.0 Å². The van der Waals surface area contributed by atoms with Gasteiger partial charge in [-0.1, -0.05) is 78.9 Å². The van der Waals surface area contributed by atoms with Crippen LogP contribution in [0.3, 0.4) is 0 Å². The fourth-order valence-electron chi connectivity index (χ4n) is 3.99. The number of aliphatic imine (C=N–C) groups is 1. The highest BCUT2D eigenvalue weighted by atomic mass is 16.6. The van der Waals surface area contributed by atoms with Gasteiger partial charge in [0, 0.05) is 17.9 Å². The van der Waals surface area contributed by atoms with Gasteiger partial charge in [0.15, 0.2) is 5.54 Å². The van der Waals surface area contributed by atoms with Gasteiger partial charge in [0.05, 0.1) is 13.5 Å². The molecule has 4 rings (SSSR count). The first kappa shape index (κ1) is 20.5. The lowest BCUT2D eigenvalue weighted by molar-refractivity contribution is -0.143. The summed E-state index contributed by atoms with van der Waals surface area (Å²) in [6.45, 7) is 0. The number of cyclic esters (lactones) is 1. The minimum Gasteiger partial charge on any atom is -0.469 e. The lowest BCUT2D eigenvalue weighted by Crippen LogP contribution is -2.43. The van der Waals surface area contributed by atoms with Gasteiger partial charge in [-0.05, 0) is 23.3 Å². The number of rotatable bonds is 7. The predicted octanol–water partition coefficient (Wildman–Crippen LogP) is 4.32. The van der Waals surface area contributed by atoms with Crippen molar-refractivity contribution in [2.75, 3.05) is 7.11 Å². The summed E-state index contributed by atoms with van der Waals surface area (Å²) >= 11 is 0. The molecule has 3 aromatic carbocycles. The predicted molar refractivity (Wildman–Crippen MR) is 118 cm³/mol. The van der Waals surface area contributed by atoms with Gasteiger partial charge in [0.25, 0.3) is 0 Å². The molecule has 0 aromatic heterocycles. The molecule has 5 heteroatoms. The molecule has 156 valence electrons. The molecular weight excluding hydrogens is 390 g/mol. The summed E-state index contributed by atoms with van der Waals surface area (Å²) in [6.07, 6.45) is 0.313. The van der Waals surface area contributed by atoms with E-state index in [2.05, 4.69) is 0 Å². The number of hydrogen-bond donors (Lipinski definition) is 0. The Morgan fingerprint density at radius 2 is 1.52 bits per heavy atom. The number of ether oxygens (including phenoxy) is 2. The number of nitrogens with zero attached hydrogens (tertiary/aromatic N) is 1. The lowest BCUT2D eigenvalue weighted by Gasteiger charge is -2.31. The average Bonchev–Trinajstić information content (AvgIpc) is 3.15. The Morgan fingerprint density at radius 3 is 2.13 bits per heavy atom. The smallest absolute Gasteiger partial charge is 0.341 e. The third kappa shape index (κ3) is 4.26. The third-order valence-corrected chi connectivity index (χ3v) is 5.56. The van der Waals surface area contributed by atoms with Crippen LogP contribution in [0.25, 0.3) is 0 Å². The molecule has 0 unspecified atom stereocenters. The van der Waals surface area contributed by atoms with Crippen molar-refractivity contribution in [3.05, 3.63) is 108 Å². The summed E-state index contributed by atoms with van der Waals surface area (Å²) in [7, 11) is 1.35. The molecule has 0 aliphatic carbocycles. The average molecular weight is 413 g/mol. The maximum Gasteiger partial charge on any atom is 0.341 e. The fourth-order valence-corrected chi connectivity index (χ4v) is 3.99. The molecule has 0 radical (unpaired) electrons. The first-order valence-corrected chi connectivity index (χ1v) is 10.2. The van der Waals surface area contributed by atoms with Gasteiger partial charge < -0.3 is 9.47 Å². The Bertz CT molecular complexity index is 1080. The lowest BCUT2D eigenvalue weighted by atomic mass is 9.74. The maximum atomic E-state index is 13.5. The highest BCUT2D eigenvalue weighted by Gasteiger charge is 2.53. The summed E-state index contributed by atoms with van der Waals surface area (Å²) < 4.78 is 10.7. The SMILES string of the molecule is COC(=O)C[C@H](c1ccccc1)[C@]1(Cc2ccccc2)N=C(c2ccccc2)OC1=O. The highest BCUT2D eigenvalue weighted by Crippen LogP contribution is 2.42. The molecule has 0 bridgehead atoms. The van der Waals surface area contributed by atoms with E-state index in [0.29, 0.717) is 6.42 Å². The van der Waals surface area contributed by atoms with E-state index in [1.807, 2.05) is 91.0 Å². The molecule has 1 aliphatic heterocycles. The quantitative estimate of drug-likeness (QED) is 0.541. The minimum atomic E-state index is -1.29. The molecule has 0 amide bonds.